The van der Waals surface area contributed by atoms with E-state index in [4.69, 9.17) is 32.4 Å². The predicted octanol–water partition coefficient (Wildman–Crippen LogP) is 4.26. The number of piperidine rings is 3. The molecule has 7 rings (SSSR count). The highest BCUT2D eigenvalue weighted by Gasteiger charge is 2.44. The lowest BCUT2D eigenvalue weighted by Crippen LogP contribution is -2.54. The second-order valence-corrected chi connectivity index (χ2v) is 16.2. The first-order valence-corrected chi connectivity index (χ1v) is 20.4. The quantitative estimate of drug-likeness (QED) is 0.124. The third-order valence-electron chi connectivity index (χ3n) is 11.8. The van der Waals surface area contributed by atoms with E-state index >= 15 is 0 Å². The fraction of sp³-hybridized carbons (Fsp3) is 0.476. The van der Waals surface area contributed by atoms with Gasteiger partial charge >= 0.3 is 0 Å². The smallest absolute Gasteiger partial charge is 0.269 e. The van der Waals surface area contributed by atoms with Gasteiger partial charge in [-0.15, -0.1) is 0 Å². The molecule has 0 bridgehead atoms. The van der Waals surface area contributed by atoms with Gasteiger partial charge in [0.25, 0.3) is 17.7 Å². The van der Waals surface area contributed by atoms with Crippen molar-refractivity contribution in [3.8, 4) is 11.8 Å². The summed E-state index contributed by atoms with van der Waals surface area (Å²) in [6, 6.07) is 11.3. The standard InChI is InChI=1S/C42H48ClN9O6/c43-34-21-31(7-3-26(34)22-44)58-30-8-4-27(5-9-30)48-39(54)35(45)11-13-37(46)51-18-15-25(16-19-51)23-50-17-1-2-29(24-50)47-28-6-10-32-33(20-28)42(57)52(41(32)56)36-12-14-38(53)49-40(36)55/h3,6-7,10-11,13,20-21,25,27,29-30,36,45-47H,1-2,4-5,8-9,12,14-19,23-24H2,(H,48,54)(H,49,53,55)/b13-11-,45-35?,46-37?/t27?,29-,30?,36?/m0/s1. The Bertz CT molecular complexity index is 2070. The Morgan fingerprint density at radius 2 is 1.67 bits per heavy atom. The Morgan fingerprint density at radius 3 is 2.40 bits per heavy atom. The molecular weight excluding hydrogens is 762 g/mol. The van der Waals surface area contributed by atoms with Gasteiger partial charge in [0.15, 0.2) is 0 Å². The van der Waals surface area contributed by atoms with Crippen LogP contribution in [0.2, 0.25) is 5.02 Å². The fourth-order valence-corrected chi connectivity index (χ4v) is 8.85. The van der Waals surface area contributed by atoms with E-state index in [-0.39, 0.29) is 53.7 Å². The molecule has 1 aliphatic carbocycles. The summed E-state index contributed by atoms with van der Waals surface area (Å²) in [5.74, 6) is -1.17. The molecule has 58 heavy (non-hydrogen) atoms. The van der Waals surface area contributed by atoms with E-state index in [0.717, 1.165) is 81.8 Å². The van der Waals surface area contributed by atoms with Gasteiger partial charge in [-0.2, -0.15) is 5.26 Å². The number of ether oxygens (including phenoxy) is 1. The van der Waals surface area contributed by atoms with Crippen molar-refractivity contribution in [2.45, 2.75) is 88.4 Å². The van der Waals surface area contributed by atoms with Crippen LogP contribution in [0.1, 0.15) is 90.5 Å². The first-order chi connectivity index (χ1) is 27.9. The Balaban J connectivity index is 0.810. The van der Waals surface area contributed by atoms with Crippen molar-refractivity contribution in [2.75, 3.05) is 38.0 Å². The second kappa shape index (κ2) is 17.9. The monoisotopic (exact) mass is 809 g/mol. The molecule has 4 heterocycles. The number of rotatable bonds is 11. The average molecular weight is 810 g/mol. The van der Waals surface area contributed by atoms with Crippen molar-refractivity contribution in [3.05, 3.63) is 70.3 Å². The van der Waals surface area contributed by atoms with Crippen LogP contribution in [-0.4, -0.2) is 113 Å². The highest BCUT2D eigenvalue weighted by Crippen LogP contribution is 2.31. The molecule has 304 valence electrons. The van der Waals surface area contributed by atoms with E-state index in [2.05, 4.69) is 20.9 Å². The van der Waals surface area contributed by atoms with Crippen LogP contribution in [0.15, 0.2) is 48.6 Å². The van der Waals surface area contributed by atoms with Gasteiger partial charge in [0, 0.05) is 56.4 Å². The number of amides is 5. The number of halogens is 1. The molecule has 4 fully saturated rings. The van der Waals surface area contributed by atoms with Crippen molar-refractivity contribution in [3.63, 3.8) is 0 Å². The molecule has 0 spiro atoms. The number of anilines is 1. The zero-order chi connectivity index (χ0) is 40.9. The number of imide groups is 2. The molecule has 16 heteroatoms. The lowest BCUT2D eigenvalue weighted by Gasteiger charge is -2.39. The van der Waals surface area contributed by atoms with E-state index in [9.17, 15) is 24.0 Å². The molecule has 4 aliphatic heterocycles. The van der Waals surface area contributed by atoms with E-state index in [0.29, 0.717) is 35.1 Å². The molecule has 0 aromatic heterocycles. The first-order valence-electron chi connectivity index (χ1n) is 20.1. The fourth-order valence-electron chi connectivity index (χ4n) is 8.64. The number of carbonyl (C=O) groups is 5. The van der Waals surface area contributed by atoms with Crippen LogP contribution in [0.5, 0.6) is 5.75 Å². The van der Waals surface area contributed by atoms with Crippen molar-refractivity contribution in [1.29, 1.82) is 16.1 Å². The van der Waals surface area contributed by atoms with Crippen LogP contribution in [0, 0.1) is 28.1 Å². The Hall–Kier alpha value is -5.59. The molecule has 1 unspecified atom stereocenters. The molecule has 2 atom stereocenters. The maximum Gasteiger partial charge on any atom is 0.269 e. The van der Waals surface area contributed by atoms with Crippen LogP contribution in [-0.2, 0) is 14.4 Å². The van der Waals surface area contributed by atoms with Gasteiger partial charge in [0.1, 0.15) is 29.4 Å². The molecule has 5 N–H and O–H groups in total. The van der Waals surface area contributed by atoms with Crippen molar-refractivity contribution < 1.29 is 28.7 Å². The normalized spacial score (nSPS) is 24.3. The minimum absolute atomic E-state index is 0.0240. The highest BCUT2D eigenvalue weighted by atomic mass is 35.5. The second-order valence-electron chi connectivity index (χ2n) is 15.8. The summed E-state index contributed by atoms with van der Waals surface area (Å²) in [5.41, 5.74) is 1.46. The third kappa shape index (κ3) is 9.40. The van der Waals surface area contributed by atoms with Crippen LogP contribution < -0.4 is 20.7 Å². The number of amidine groups is 1. The number of likely N-dealkylation sites (tertiary alicyclic amines) is 2. The Kier molecular flexibility index (Phi) is 12.5. The molecule has 1 saturated carbocycles. The van der Waals surface area contributed by atoms with Gasteiger partial charge < -0.3 is 25.2 Å². The highest BCUT2D eigenvalue weighted by molar-refractivity contribution is 6.42. The van der Waals surface area contributed by atoms with Crippen LogP contribution in [0.3, 0.4) is 0 Å². The molecular formula is C42H48ClN9O6. The number of fused-ring (bicyclic) bond motifs is 1. The van der Waals surface area contributed by atoms with Crippen molar-refractivity contribution in [2.24, 2.45) is 5.92 Å². The van der Waals surface area contributed by atoms with Crippen LogP contribution in [0.25, 0.3) is 0 Å². The zero-order valence-corrected chi connectivity index (χ0v) is 33.0. The molecule has 2 aromatic rings. The predicted molar refractivity (Wildman–Crippen MR) is 216 cm³/mol. The average Bonchev–Trinajstić information content (AvgIpc) is 3.45. The molecule has 2 aromatic carbocycles. The first kappa shape index (κ1) is 40.6. The number of hydrogen-bond donors (Lipinski definition) is 5. The molecule has 5 aliphatic rings. The molecule has 0 radical (unpaired) electrons. The minimum atomic E-state index is -0.996. The summed E-state index contributed by atoms with van der Waals surface area (Å²) < 4.78 is 6.04. The zero-order valence-electron chi connectivity index (χ0n) is 32.2. The molecule has 3 saturated heterocycles. The number of nitrogens with one attached hydrogen (secondary N) is 5. The number of carbonyl (C=O) groups excluding carboxylic acids is 5. The topological polar surface area (TPSA) is 212 Å². The molecule has 15 nitrogen and oxygen atoms in total. The number of hydrogen-bond acceptors (Lipinski definition) is 11. The van der Waals surface area contributed by atoms with Gasteiger partial charge in [-0.05, 0) is 113 Å². The van der Waals surface area contributed by atoms with Crippen LogP contribution >= 0.6 is 11.6 Å². The van der Waals surface area contributed by atoms with Gasteiger partial charge in [-0.3, -0.25) is 45.0 Å². The van der Waals surface area contributed by atoms with E-state index in [1.165, 1.54) is 12.2 Å². The maximum absolute atomic E-state index is 13.3. The summed E-state index contributed by atoms with van der Waals surface area (Å²) in [4.78, 5) is 68.6. The lowest BCUT2D eigenvalue weighted by atomic mass is 9.92. The Labute approximate surface area is 342 Å². The lowest BCUT2D eigenvalue weighted by molar-refractivity contribution is -0.136. The maximum atomic E-state index is 13.3. The van der Waals surface area contributed by atoms with Gasteiger partial charge in [0.05, 0.1) is 27.8 Å². The third-order valence-corrected chi connectivity index (χ3v) is 12.1. The summed E-state index contributed by atoms with van der Waals surface area (Å²) in [6.07, 6.45) is 9.84. The Morgan fingerprint density at radius 1 is 0.914 bits per heavy atom. The summed E-state index contributed by atoms with van der Waals surface area (Å²) in [7, 11) is 0. The summed E-state index contributed by atoms with van der Waals surface area (Å²) >= 11 is 6.13. The summed E-state index contributed by atoms with van der Waals surface area (Å²) in [6.45, 7) is 4.21. The van der Waals surface area contributed by atoms with E-state index in [1.54, 1.807) is 36.4 Å². The number of nitriles is 1. The van der Waals surface area contributed by atoms with Gasteiger partial charge in [0.2, 0.25) is 11.8 Å². The largest absolute Gasteiger partial charge is 0.490 e. The SMILES string of the molecule is N#Cc1ccc(OC2CCC(NC(=O)C(=N)/C=C\C(=N)N3CCC(CN4CCC[C@H](Nc5ccc6c(c5)C(=O)N(C5CCC(=O)NC5=O)C6=O)C4)CC3)CC2)cc1Cl. The van der Waals surface area contributed by atoms with E-state index in [1.807, 2.05) is 11.0 Å². The van der Waals surface area contributed by atoms with E-state index < -0.39 is 35.6 Å². The van der Waals surface area contributed by atoms with Gasteiger partial charge in [-0.1, -0.05) is 11.6 Å². The van der Waals surface area contributed by atoms with Gasteiger partial charge in [-0.25, -0.2) is 0 Å². The molecule has 5 amide bonds. The van der Waals surface area contributed by atoms with Crippen LogP contribution in [0.4, 0.5) is 5.69 Å². The van der Waals surface area contributed by atoms with Crippen molar-refractivity contribution in [1.82, 2.24) is 25.3 Å². The minimum Gasteiger partial charge on any atom is -0.490 e. The summed E-state index contributed by atoms with van der Waals surface area (Å²) in [5, 5.41) is 35.1. The van der Waals surface area contributed by atoms with Crippen molar-refractivity contribution >= 4 is 58.4 Å². The number of benzene rings is 2. The number of nitrogens with zero attached hydrogens (tertiary/aromatic N) is 4.